The van der Waals surface area contributed by atoms with E-state index in [4.69, 9.17) is 9.94 Å². The highest BCUT2D eigenvalue weighted by atomic mass is 16.5. The van der Waals surface area contributed by atoms with Gasteiger partial charge in [-0.2, -0.15) is 0 Å². The van der Waals surface area contributed by atoms with Crippen LogP contribution in [0.3, 0.4) is 0 Å². The van der Waals surface area contributed by atoms with Crippen LogP contribution in [0.4, 0.5) is 0 Å². The van der Waals surface area contributed by atoms with Gasteiger partial charge in [0.1, 0.15) is 5.75 Å². The molecule has 1 aromatic carbocycles. The van der Waals surface area contributed by atoms with E-state index in [2.05, 4.69) is 17.0 Å². The average Bonchev–Trinajstić information content (AvgIpc) is 2.34. The molecule has 3 nitrogen and oxygen atoms in total. The predicted octanol–water partition coefficient (Wildman–Crippen LogP) is 2.68. The number of benzene rings is 1. The minimum absolute atomic E-state index is 0.568. The Hall–Kier alpha value is -1.95. The van der Waals surface area contributed by atoms with Crippen LogP contribution in [0.15, 0.2) is 29.4 Å². The number of oxime groups is 1. The molecule has 0 saturated heterocycles. The van der Waals surface area contributed by atoms with Crippen LogP contribution in [0.5, 0.6) is 5.75 Å². The largest absolute Gasteiger partial charge is 0.493 e. The molecule has 1 N–H and O–H groups in total. The lowest BCUT2D eigenvalue weighted by Gasteiger charge is -2.05. The molecule has 0 radical (unpaired) electrons. The van der Waals surface area contributed by atoms with Crippen LogP contribution >= 0.6 is 0 Å². The zero-order valence-corrected chi connectivity index (χ0v) is 9.53. The maximum atomic E-state index is 8.65. The molecule has 0 atom stereocenters. The Morgan fingerprint density at radius 3 is 3.00 bits per heavy atom. The maximum Gasteiger partial charge on any atom is 0.120 e. The van der Waals surface area contributed by atoms with Gasteiger partial charge in [0.15, 0.2) is 0 Å². The van der Waals surface area contributed by atoms with Crippen molar-refractivity contribution < 1.29 is 9.94 Å². The van der Waals surface area contributed by atoms with Crippen molar-refractivity contribution in [2.75, 3.05) is 6.61 Å². The van der Waals surface area contributed by atoms with Crippen molar-refractivity contribution in [2.24, 2.45) is 5.16 Å². The van der Waals surface area contributed by atoms with Gasteiger partial charge < -0.3 is 9.94 Å². The summed E-state index contributed by atoms with van der Waals surface area (Å²) in [5.74, 6) is 6.50. The van der Waals surface area contributed by atoms with Crippen LogP contribution in [0.2, 0.25) is 0 Å². The fourth-order valence-corrected chi connectivity index (χ4v) is 1.21. The third-order valence-electron chi connectivity index (χ3n) is 2.07. The lowest BCUT2D eigenvalue weighted by atomic mass is 10.1. The summed E-state index contributed by atoms with van der Waals surface area (Å²) in [4.78, 5) is 0. The average molecular weight is 217 g/mol. The van der Waals surface area contributed by atoms with Gasteiger partial charge in [-0.05, 0) is 26.0 Å². The first-order valence-corrected chi connectivity index (χ1v) is 5.09. The number of hydrogen-bond donors (Lipinski definition) is 1. The van der Waals surface area contributed by atoms with E-state index >= 15 is 0 Å². The molecule has 0 unspecified atom stereocenters. The zero-order valence-electron chi connectivity index (χ0n) is 9.53. The highest BCUT2D eigenvalue weighted by Crippen LogP contribution is 2.14. The zero-order chi connectivity index (χ0) is 11.8. The molecule has 0 aliphatic carbocycles. The van der Waals surface area contributed by atoms with E-state index in [0.29, 0.717) is 18.7 Å². The molecule has 0 spiro atoms. The molecule has 0 heterocycles. The number of ether oxygens (including phenoxy) is 1. The van der Waals surface area contributed by atoms with Gasteiger partial charge in [0.25, 0.3) is 0 Å². The normalized spacial score (nSPS) is 10.5. The third kappa shape index (κ3) is 3.66. The van der Waals surface area contributed by atoms with Crippen LogP contribution in [0, 0.1) is 11.8 Å². The smallest absolute Gasteiger partial charge is 0.120 e. The standard InChI is InChI=1S/C13H15NO2/c1-3-4-5-9-16-13-8-6-7-12(10-13)11(2)14-15/h6-8,10,15H,5,9H2,1-2H3. The minimum Gasteiger partial charge on any atom is -0.493 e. The Bertz CT molecular complexity index is 427. The van der Waals surface area contributed by atoms with Gasteiger partial charge in [-0.15, -0.1) is 11.8 Å². The fraction of sp³-hybridized carbons (Fsp3) is 0.308. The summed E-state index contributed by atoms with van der Waals surface area (Å²) in [6, 6.07) is 7.45. The topological polar surface area (TPSA) is 41.8 Å². The Morgan fingerprint density at radius 1 is 1.50 bits per heavy atom. The van der Waals surface area contributed by atoms with Gasteiger partial charge >= 0.3 is 0 Å². The second-order valence-corrected chi connectivity index (χ2v) is 3.24. The molecule has 16 heavy (non-hydrogen) atoms. The summed E-state index contributed by atoms with van der Waals surface area (Å²) >= 11 is 0. The Balaban J connectivity index is 2.63. The second kappa shape index (κ2) is 6.52. The number of rotatable bonds is 4. The second-order valence-electron chi connectivity index (χ2n) is 3.24. The van der Waals surface area contributed by atoms with E-state index in [1.807, 2.05) is 31.2 Å². The molecule has 0 saturated carbocycles. The first kappa shape index (κ1) is 12.1. The van der Waals surface area contributed by atoms with Crippen molar-refractivity contribution in [1.29, 1.82) is 0 Å². The highest BCUT2D eigenvalue weighted by Gasteiger charge is 1.99. The van der Waals surface area contributed by atoms with Crippen molar-refractivity contribution in [1.82, 2.24) is 0 Å². The molecule has 1 rings (SSSR count). The monoisotopic (exact) mass is 217 g/mol. The molecule has 0 bridgehead atoms. The van der Waals surface area contributed by atoms with Crippen LogP contribution < -0.4 is 4.74 Å². The van der Waals surface area contributed by atoms with E-state index in [9.17, 15) is 0 Å². The van der Waals surface area contributed by atoms with Crippen molar-refractivity contribution >= 4 is 5.71 Å². The molecular formula is C13H15NO2. The Labute approximate surface area is 95.7 Å². The van der Waals surface area contributed by atoms with Crippen molar-refractivity contribution in [3.63, 3.8) is 0 Å². The lowest BCUT2D eigenvalue weighted by molar-refractivity contribution is 0.318. The van der Waals surface area contributed by atoms with Gasteiger partial charge in [-0.3, -0.25) is 0 Å². The van der Waals surface area contributed by atoms with Crippen LogP contribution in [-0.4, -0.2) is 17.5 Å². The first-order chi connectivity index (χ1) is 7.77. The van der Waals surface area contributed by atoms with Gasteiger partial charge in [-0.1, -0.05) is 17.3 Å². The quantitative estimate of drug-likeness (QED) is 0.277. The van der Waals surface area contributed by atoms with Gasteiger partial charge in [-0.25, -0.2) is 0 Å². The fourth-order valence-electron chi connectivity index (χ4n) is 1.21. The third-order valence-corrected chi connectivity index (χ3v) is 2.07. The van der Waals surface area contributed by atoms with Gasteiger partial charge in [0.2, 0.25) is 0 Å². The molecule has 0 fully saturated rings. The van der Waals surface area contributed by atoms with E-state index < -0.39 is 0 Å². The van der Waals surface area contributed by atoms with Crippen LogP contribution in [0.25, 0.3) is 0 Å². The SMILES string of the molecule is CC#CCCOc1cccc(C(C)=NO)c1. The summed E-state index contributed by atoms with van der Waals surface area (Å²) < 4.78 is 5.50. The van der Waals surface area contributed by atoms with E-state index in [1.165, 1.54) is 0 Å². The molecule has 0 aliphatic heterocycles. The lowest BCUT2D eigenvalue weighted by Crippen LogP contribution is -1.98. The summed E-state index contributed by atoms with van der Waals surface area (Å²) in [7, 11) is 0. The maximum absolute atomic E-state index is 8.65. The minimum atomic E-state index is 0.568. The predicted molar refractivity (Wildman–Crippen MR) is 64.0 cm³/mol. The van der Waals surface area contributed by atoms with Gasteiger partial charge in [0, 0.05) is 12.0 Å². The summed E-state index contributed by atoms with van der Waals surface area (Å²) in [6.07, 6.45) is 0.716. The Morgan fingerprint density at radius 2 is 2.31 bits per heavy atom. The van der Waals surface area contributed by atoms with Crippen LogP contribution in [-0.2, 0) is 0 Å². The van der Waals surface area contributed by atoms with Crippen molar-refractivity contribution in [3.8, 4) is 17.6 Å². The number of nitrogens with zero attached hydrogens (tertiary/aromatic N) is 1. The summed E-state index contributed by atoms with van der Waals surface area (Å²) in [6.45, 7) is 4.11. The summed E-state index contributed by atoms with van der Waals surface area (Å²) in [5.41, 5.74) is 1.42. The molecular weight excluding hydrogens is 202 g/mol. The molecule has 1 aromatic rings. The van der Waals surface area contributed by atoms with Crippen molar-refractivity contribution in [3.05, 3.63) is 29.8 Å². The molecule has 0 aromatic heterocycles. The summed E-state index contributed by atoms with van der Waals surface area (Å²) in [5, 5.41) is 11.8. The van der Waals surface area contributed by atoms with Crippen LogP contribution in [0.1, 0.15) is 25.8 Å². The van der Waals surface area contributed by atoms with Gasteiger partial charge in [0.05, 0.1) is 12.3 Å². The first-order valence-electron chi connectivity index (χ1n) is 5.09. The molecule has 3 heteroatoms. The van der Waals surface area contributed by atoms with Crippen molar-refractivity contribution in [2.45, 2.75) is 20.3 Å². The molecule has 0 amide bonds. The van der Waals surface area contributed by atoms with E-state index in [0.717, 1.165) is 11.3 Å². The molecule has 84 valence electrons. The molecule has 0 aliphatic rings. The highest BCUT2D eigenvalue weighted by molar-refractivity contribution is 5.98. The number of hydrogen-bond acceptors (Lipinski definition) is 3. The Kier molecular flexibility index (Phi) is 4.94. The van der Waals surface area contributed by atoms with E-state index in [1.54, 1.807) is 6.92 Å². The van der Waals surface area contributed by atoms with E-state index in [-0.39, 0.29) is 0 Å².